The summed E-state index contributed by atoms with van der Waals surface area (Å²) < 4.78 is 6.85. The fourth-order valence-corrected chi connectivity index (χ4v) is 3.17. The second-order valence-corrected chi connectivity index (χ2v) is 6.23. The van der Waals surface area contributed by atoms with Gasteiger partial charge >= 0.3 is 0 Å². The van der Waals surface area contributed by atoms with Crippen molar-refractivity contribution < 1.29 is 4.74 Å². The number of aromatic nitrogens is 5. The quantitative estimate of drug-likeness (QED) is 0.515. The molecule has 7 nitrogen and oxygen atoms in total. The molecule has 0 unspecified atom stereocenters. The number of fused-ring (bicyclic) bond motifs is 2. The molecule has 0 fully saturated rings. The first-order valence-electron chi connectivity index (χ1n) is 8.77. The maximum Gasteiger partial charge on any atom is 0.213 e. The first-order chi connectivity index (χ1) is 13.8. The number of anilines is 2. The van der Waals surface area contributed by atoms with Crippen molar-refractivity contribution in [2.45, 2.75) is 0 Å². The number of methoxy groups -OCH3 is 1. The molecule has 0 atom stereocenters. The highest BCUT2D eigenvalue weighted by Crippen LogP contribution is 2.30. The van der Waals surface area contributed by atoms with Gasteiger partial charge in [0, 0.05) is 35.0 Å². The van der Waals surface area contributed by atoms with Crippen molar-refractivity contribution in [2.75, 3.05) is 12.4 Å². The maximum absolute atomic E-state index is 5.09. The standard InChI is InChI=1S/C21H16N6O/c1-28-19-8-7-15(12-23-19)25-18-9-11-27-21(26-18)17(13-24-27)16-6-2-4-14-5-3-10-22-20(14)16/h2-13H,1H3,(H,25,26). The first-order valence-corrected chi connectivity index (χ1v) is 8.77. The van der Waals surface area contributed by atoms with E-state index in [1.807, 2.05) is 42.7 Å². The summed E-state index contributed by atoms with van der Waals surface area (Å²) in [4.78, 5) is 13.5. The Morgan fingerprint density at radius 3 is 2.71 bits per heavy atom. The van der Waals surface area contributed by atoms with Gasteiger partial charge in [-0.1, -0.05) is 24.3 Å². The zero-order valence-corrected chi connectivity index (χ0v) is 15.1. The molecule has 1 N–H and O–H groups in total. The number of nitrogens with one attached hydrogen (secondary N) is 1. The Hall–Kier alpha value is -4.00. The van der Waals surface area contributed by atoms with Crippen LogP contribution in [-0.2, 0) is 0 Å². The van der Waals surface area contributed by atoms with Crippen LogP contribution in [0.5, 0.6) is 5.88 Å². The van der Waals surface area contributed by atoms with E-state index >= 15 is 0 Å². The smallest absolute Gasteiger partial charge is 0.213 e. The lowest BCUT2D eigenvalue weighted by Gasteiger charge is -2.07. The molecule has 0 aliphatic heterocycles. The highest BCUT2D eigenvalue weighted by Gasteiger charge is 2.12. The van der Waals surface area contributed by atoms with Crippen LogP contribution in [0.4, 0.5) is 11.5 Å². The summed E-state index contributed by atoms with van der Waals surface area (Å²) in [5.41, 5.74) is 4.44. The number of hydrogen-bond donors (Lipinski definition) is 1. The molecule has 1 aromatic carbocycles. The third-order valence-corrected chi connectivity index (χ3v) is 4.51. The lowest BCUT2D eigenvalue weighted by Crippen LogP contribution is -1.98. The SMILES string of the molecule is COc1ccc(Nc2ccn3ncc(-c4cccc5cccnc45)c3n2)cn1. The van der Waals surface area contributed by atoms with Gasteiger partial charge < -0.3 is 10.1 Å². The Kier molecular flexibility index (Phi) is 3.83. The van der Waals surface area contributed by atoms with Crippen LogP contribution in [0.15, 0.2) is 73.3 Å². The fourth-order valence-electron chi connectivity index (χ4n) is 3.17. The molecular weight excluding hydrogens is 352 g/mol. The molecule has 0 spiro atoms. The highest BCUT2D eigenvalue weighted by atomic mass is 16.5. The largest absolute Gasteiger partial charge is 0.481 e. The number of ether oxygens (including phenoxy) is 1. The second-order valence-electron chi connectivity index (χ2n) is 6.23. The van der Waals surface area contributed by atoms with Crippen LogP contribution in [0.1, 0.15) is 0 Å². The average molecular weight is 368 g/mol. The molecule has 0 radical (unpaired) electrons. The summed E-state index contributed by atoms with van der Waals surface area (Å²) >= 11 is 0. The number of para-hydroxylation sites is 1. The minimum absolute atomic E-state index is 0.565. The molecule has 5 aromatic rings. The van der Waals surface area contributed by atoms with E-state index in [1.54, 1.807) is 30.1 Å². The number of pyridine rings is 2. The normalized spacial score (nSPS) is 11.0. The van der Waals surface area contributed by atoms with Crippen molar-refractivity contribution in [3.05, 3.63) is 73.3 Å². The van der Waals surface area contributed by atoms with E-state index in [1.165, 1.54) is 0 Å². The molecule has 0 saturated carbocycles. The van der Waals surface area contributed by atoms with Crippen molar-refractivity contribution in [3.8, 4) is 17.0 Å². The minimum Gasteiger partial charge on any atom is -0.481 e. The van der Waals surface area contributed by atoms with Crippen LogP contribution < -0.4 is 10.1 Å². The van der Waals surface area contributed by atoms with Gasteiger partial charge in [-0.15, -0.1) is 0 Å². The van der Waals surface area contributed by atoms with Crippen LogP contribution in [0, 0.1) is 0 Å². The highest BCUT2D eigenvalue weighted by molar-refractivity contribution is 5.96. The molecule has 4 aromatic heterocycles. The van der Waals surface area contributed by atoms with Crippen molar-refractivity contribution in [3.63, 3.8) is 0 Å². The Bertz CT molecular complexity index is 1270. The van der Waals surface area contributed by atoms with E-state index in [2.05, 4.69) is 32.5 Å². The van der Waals surface area contributed by atoms with E-state index in [-0.39, 0.29) is 0 Å². The summed E-state index contributed by atoms with van der Waals surface area (Å²) in [5.74, 6) is 1.27. The lowest BCUT2D eigenvalue weighted by molar-refractivity contribution is 0.398. The fraction of sp³-hybridized carbons (Fsp3) is 0.0476. The zero-order valence-electron chi connectivity index (χ0n) is 15.1. The van der Waals surface area contributed by atoms with Gasteiger partial charge in [-0.05, 0) is 18.2 Å². The van der Waals surface area contributed by atoms with Crippen LogP contribution >= 0.6 is 0 Å². The third-order valence-electron chi connectivity index (χ3n) is 4.51. The maximum atomic E-state index is 5.09. The molecule has 7 heteroatoms. The minimum atomic E-state index is 0.565. The van der Waals surface area contributed by atoms with Gasteiger partial charge in [0.1, 0.15) is 5.82 Å². The van der Waals surface area contributed by atoms with Gasteiger partial charge in [0.05, 0.1) is 30.7 Å². The van der Waals surface area contributed by atoms with Crippen LogP contribution in [0.2, 0.25) is 0 Å². The summed E-state index contributed by atoms with van der Waals surface area (Å²) in [6, 6.07) is 15.7. The molecule has 4 heterocycles. The van der Waals surface area contributed by atoms with Gasteiger partial charge in [-0.25, -0.2) is 14.5 Å². The third kappa shape index (κ3) is 2.79. The number of benzene rings is 1. The summed E-state index contributed by atoms with van der Waals surface area (Å²) in [6.45, 7) is 0. The number of hydrogen-bond acceptors (Lipinski definition) is 6. The van der Waals surface area contributed by atoms with E-state index in [0.29, 0.717) is 11.7 Å². The summed E-state index contributed by atoms with van der Waals surface area (Å²) in [6.07, 6.45) is 7.21. The Morgan fingerprint density at radius 1 is 0.929 bits per heavy atom. The second kappa shape index (κ2) is 6.62. The molecule has 136 valence electrons. The van der Waals surface area contributed by atoms with Crippen LogP contribution in [0.25, 0.3) is 27.7 Å². The molecule has 0 amide bonds. The van der Waals surface area contributed by atoms with Crippen molar-refractivity contribution in [1.82, 2.24) is 24.6 Å². The molecule has 5 rings (SSSR count). The molecule has 0 aliphatic rings. The van der Waals surface area contributed by atoms with Crippen molar-refractivity contribution in [2.24, 2.45) is 0 Å². The van der Waals surface area contributed by atoms with Gasteiger partial charge in [0.2, 0.25) is 5.88 Å². The average Bonchev–Trinajstić information content (AvgIpc) is 3.17. The summed E-state index contributed by atoms with van der Waals surface area (Å²) in [7, 11) is 1.59. The van der Waals surface area contributed by atoms with Crippen molar-refractivity contribution >= 4 is 28.1 Å². The predicted molar refractivity (Wildman–Crippen MR) is 108 cm³/mol. The van der Waals surface area contributed by atoms with E-state index in [4.69, 9.17) is 9.72 Å². The Balaban J connectivity index is 1.58. The number of rotatable bonds is 4. The zero-order chi connectivity index (χ0) is 18.9. The Labute approximate surface area is 160 Å². The lowest BCUT2D eigenvalue weighted by atomic mass is 10.0. The van der Waals surface area contributed by atoms with E-state index in [9.17, 15) is 0 Å². The predicted octanol–water partition coefficient (Wildman–Crippen LogP) is 4.09. The Morgan fingerprint density at radius 2 is 1.86 bits per heavy atom. The number of nitrogens with zero attached hydrogens (tertiary/aromatic N) is 5. The van der Waals surface area contributed by atoms with Gasteiger partial charge in [0.25, 0.3) is 0 Å². The molecular formula is C21H16N6O. The molecule has 0 bridgehead atoms. The van der Waals surface area contributed by atoms with Crippen LogP contribution in [0.3, 0.4) is 0 Å². The van der Waals surface area contributed by atoms with Gasteiger partial charge in [-0.3, -0.25) is 4.98 Å². The van der Waals surface area contributed by atoms with Crippen molar-refractivity contribution in [1.29, 1.82) is 0 Å². The van der Waals surface area contributed by atoms with E-state index in [0.717, 1.165) is 33.4 Å². The monoisotopic (exact) mass is 368 g/mol. The van der Waals surface area contributed by atoms with Gasteiger partial charge in [0.15, 0.2) is 5.65 Å². The topological polar surface area (TPSA) is 77.2 Å². The molecule has 0 aliphatic carbocycles. The van der Waals surface area contributed by atoms with Gasteiger partial charge in [-0.2, -0.15) is 5.10 Å². The molecule has 0 saturated heterocycles. The molecule has 28 heavy (non-hydrogen) atoms. The first kappa shape index (κ1) is 16.2. The summed E-state index contributed by atoms with van der Waals surface area (Å²) in [5, 5.41) is 8.79. The van der Waals surface area contributed by atoms with Crippen LogP contribution in [-0.4, -0.2) is 31.7 Å². The van der Waals surface area contributed by atoms with E-state index < -0.39 is 0 Å².